The number of nitrogens with two attached hydrogens (primary N) is 1. The lowest BCUT2D eigenvalue weighted by molar-refractivity contribution is 0.291. The van der Waals surface area contributed by atoms with Crippen molar-refractivity contribution >= 4 is 11.9 Å². The first-order valence-electron chi connectivity index (χ1n) is 7.05. The summed E-state index contributed by atoms with van der Waals surface area (Å²) in [5, 5.41) is 4.15. The third-order valence-electron chi connectivity index (χ3n) is 3.63. The standard InChI is InChI=1S/C13H20N8/c1-13(2)5-3-7-20(9-13)11-16-10(19-14)17-12(18-11)21-8-4-6-15-21/h4,6,8H,3,5,7,9,14H2,1-2H3,(H,16,17,18,19). The summed E-state index contributed by atoms with van der Waals surface area (Å²) in [5.74, 6) is 6.91. The van der Waals surface area contributed by atoms with E-state index in [0.29, 0.717) is 17.8 Å². The molecular formula is C13H20N8. The Bertz CT molecular complexity index is 607. The number of piperidine rings is 1. The third-order valence-corrected chi connectivity index (χ3v) is 3.63. The second-order valence-electron chi connectivity index (χ2n) is 6.04. The fourth-order valence-electron chi connectivity index (χ4n) is 2.64. The Kier molecular flexibility index (Phi) is 3.46. The summed E-state index contributed by atoms with van der Waals surface area (Å²) in [5.41, 5.74) is 2.76. The Balaban J connectivity index is 1.96. The highest BCUT2D eigenvalue weighted by Gasteiger charge is 2.28. The molecule has 8 nitrogen and oxygen atoms in total. The van der Waals surface area contributed by atoms with E-state index in [1.54, 1.807) is 17.1 Å². The van der Waals surface area contributed by atoms with Gasteiger partial charge in [-0.3, -0.25) is 5.43 Å². The van der Waals surface area contributed by atoms with Gasteiger partial charge < -0.3 is 4.90 Å². The van der Waals surface area contributed by atoms with Crippen molar-refractivity contribution < 1.29 is 0 Å². The van der Waals surface area contributed by atoms with E-state index in [1.165, 1.54) is 6.42 Å². The van der Waals surface area contributed by atoms with Crippen molar-refractivity contribution in [1.82, 2.24) is 24.7 Å². The third kappa shape index (κ3) is 2.94. The molecule has 0 unspecified atom stereocenters. The Morgan fingerprint density at radius 3 is 2.71 bits per heavy atom. The van der Waals surface area contributed by atoms with Gasteiger partial charge in [0.25, 0.3) is 5.95 Å². The van der Waals surface area contributed by atoms with E-state index < -0.39 is 0 Å². The molecule has 2 aromatic rings. The number of nitrogens with one attached hydrogen (secondary N) is 1. The van der Waals surface area contributed by atoms with Crippen molar-refractivity contribution in [2.75, 3.05) is 23.4 Å². The van der Waals surface area contributed by atoms with Gasteiger partial charge in [-0.1, -0.05) is 13.8 Å². The summed E-state index contributed by atoms with van der Waals surface area (Å²) in [6.45, 7) is 6.38. The molecule has 0 radical (unpaired) electrons. The van der Waals surface area contributed by atoms with E-state index >= 15 is 0 Å². The molecule has 1 fully saturated rings. The van der Waals surface area contributed by atoms with Gasteiger partial charge in [0.05, 0.1) is 0 Å². The Morgan fingerprint density at radius 1 is 1.24 bits per heavy atom. The zero-order valence-corrected chi connectivity index (χ0v) is 12.3. The maximum Gasteiger partial charge on any atom is 0.257 e. The normalized spacial score (nSPS) is 17.8. The fraction of sp³-hybridized carbons (Fsp3) is 0.538. The van der Waals surface area contributed by atoms with Gasteiger partial charge in [0.1, 0.15) is 0 Å². The van der Waals surface area contributed by atoms with E-state index in [-0.39, 0.29) is 5.41 Å². The van der Waals surface area contributed by atoms with Crippen molar-refractivity contribution in [2.45, 2.75) is 26.7 Å². The van der Waals surface area contributed by atoms with E-state index in [0.717, 1.165) is 19.5 Å². The first-order valence-corrected chi connectivity index (χ1v) is 7.05. The molecule has 3 rings (SSSR count). The lowest BCUT2D eigenvalue weighted by atomic mass is 9.84. The SMILES string of the molecule is CC1(C)CCCN(c2nc(NN)nc(-n3cccn3)n2)C1. The van der Waals surface area contributed by atoms with Gasteiger partial charge in [-0.2, -0.15) is 20.1 Å². The van der Waals surface area contributed by atoms with Crippen molar-refractivity contribution in [3.05, 3.63) is 18.5 Å². The molecule has 0 bridgehead atoms. The van der Waals surface area contributed by atoms with Crippen molar-refractivity contribution in [1.29, 1.82) is 0 Å². The average molecular weight is 288 g/mol. The van der Waals surface area contributed by atoms with E-state index in [1.807, 2.05) is 6.07 Å². The molecule has 0 aromatic carbocycles. The van der Waals surface area contributed by atoms with E-state index in [9.17, 15) is 0 Å². The molecular weight excluding hydrogens is 268 g/mol. The number of anilines is 2. The van der Waals surface area contributed by atoms with Gasteiger partial charge >= 0.3 is 0 Å². The summed E-state index contributed by atoms with van der Waals surface area (Å²) in [6, 6.07) is 1.82. The van der Waals surface area contributed by atoms with Crippen LogP contribution in [0.15, 0.2) is 18.5 Å². The van der Waals surface area contributed by atoms with Gasteiger partial charge in [0.2, 0.25) is 11.9 Å². The predicted octanol–water partition coefficient (Wildman–Crippen LogP) is 0.969. The number of hydrazine groups is 1. The van der Waals surface area contributed by atoms with Crippen molar-refractivity contribution in [2.24, 2.45) is 11.3 Å². The van der Waals surface area contributed by atoms with Crippen molar-refractivity contribution in [3.63, 3.8) is 0 Å². The van der Waals surface area contributed by atoms with Crippen LogP contribution in [0.4, 0.5) is 11.9 Å². The molecule has 2 aromatic heterocycles. The molecule has 21 heavy (non-hydrogen) atoms. The van der Waals surface area contributed by atoms with Gasteiger partial charge in [-0.15, -0.1) is 0 Å². The van der Waals surface area contributed by atoms with Gasteiger partial charge in [0.15, 0.2) is 0 Å². The Morgan fingerprint density at radius 2 is 2.05 bits per heavy atom. The predicted molar refractivity (Wildman–Crippen MR) is 80.0 cm³/mol. The second-order valence-corrected chi connectivity index (χ2v) is 6.04. The van der Waals surface area contributed by atoms with Crippen LogP contribution in [0.3, 0.4) is 0 Å². The number of aromatic nitrogens is 5. The molecule has 0 atom stereocenters. The first kappa shape index (κ1) is 13.7. The highest BCUT2D eigenvalue weighted by atomic mass is 15.4. The zero-order chi connectivity index (χ0) is 14.9. The topological polar surface area (TPSA) is 97.8 Å². The minimum Gasteiger partial charge on any atom is -0.340 e. The number of nitrogens with zero attached hydrogens (tertiary/aromatic N) is 6. The lowest BCUT2D eigenvalue weighted by Gasteiger charge is -2.38. The largest absolute Gasteiger partial charge is 0.340 e. The molecule has 8 heteroatoms. The number of hydrogen-bond donors (Lipinski definition) is 2. The summed E-state index contributed by atoms with van der Waals surface area (Å²) >= 11 is 0. The fourth-order valence-corrected chi connectivity index (χ4v) is 2.64. The minimum atomic E-state index is 0.257. The maximum atomic E-state index is 5.47. The number of rotatable bonds is 3. The van der Waals surface area contributed by atoms with Crippen molar-refractivity contribution in [3.8, 4) is 5.95 Å². The monoisotopic (exact) mass is 288 g/mol. The van der Waals surface area contributed by atoms with Crippen LogP contribution in [0.2, 0.25) is 0 Å². The van der Waals surface area contributed by atoms with Crippen LogP contribution in [0.25, 0.3) is 5.95 Å². The number of nitrogen functional groups attached to an aromatic ring is 1. The van der Waals surface area contributed by atoms with Gasteiger partial charge in [0, 0.05) is 25.5 Å². The zero-order valence-electron chi connectivity index (χ0n) is 12.3. The van der Waals surface area contributed by atoms with Crippen LogP contribution >= 0.6 is 0 Å². The summed E-state index contributed by atoms with van der Waals surface area (Å²) in [7, 11) is 0. The summed E-state index contributed by atoms with van der Waals surface area (Å²) in [4.78, 5) is 15.3. The molecule has 1 aliphatic heterocycles. The van der Waals surface area contributed by atoms with Gasteiger partial charge in [-0.25, -0.2) is 10.5 Å². The van der Waals surface area contributed by atoms with E-state index in [2.05, 4.69) is 44.2 Å². The molecule has 0 spiro atoms. The second kappa shape index (κ2) is 5.28. The Hall–Kier alpha value is -2.22. The lowest BCUT2D eigenvalue weighted by Crippen LogP contribution is -2.41. The maximum absolute atomic E-state index is 5.47. The summed E-state index contributed by atoms with van der Waals surface area (Å²) in [6.07, 6.45) is 5.81. The minimum absolute atomic E-state index is 0.257. The molecule has 0 aliphatic carbocycles. The molecule has 0 amide bonds. The summed E-state index contributed by atoms with van der Waals surface area (Å²) < 4.78 is 1.60. The molecule has 3 heterocycles. The molecule has 3 N–H and O–H groups in total. The van der Waals surface area contributed by atoms with Crippen LogP contribution < -0.4 is 16.2 Å². The molecule has 0 saturated carbocycles. The van der Waals surface area contributed by atoms with E-state index in [4.69, 9.17) is 5.84 Å². The van der Waals surface area contributed by atoms with Crippen LogP contribution in [0, 0.1) is 5.41 Å². The highest BCUT2D eigenvalue weighted by molar-refractivity contribution is 5.40. The quantitative estimate of drug-likeness (QED) is 0.641. The number of hydrogen-bond acceptors (Lipinski definition) is 7. The molecule has 1 saturated heterocycles. The Labute approximate surface area is 123 Å². The van der Waals surface area contributed by atoms with Crippen LogP contribution in [-0.4, -0.2) is 37.8 Å². The molecule has 112 valence electrons. The smallest absolute Gasteiger partial charge is 0.257 e. The van der Waals surface area contributed by atoms with Crippen LogP contribution in [-0.2, 0) is 0 Å². The van der Waals surface area contributed by atoms with Gasteiger partial charge in [-0.05, 0) is 24.3 Å². The molecule has 1 aliphatic rings. The van der Waals surface area contributed by atoms with Crippen LogP contribution in [0.1, 0.15) is 26.7 Å². The average Bonchev–Trinajstić information content (AvgIpc) is 3.00. The highest BCUT2D eigenvalue weighted by Crippen LogP contribution is 2.30. The van der Waals surface area contributed by atoms with Crippen LogP contribution in [0.5, 0.6) is 0 Å². The first-order chi connectivity index (χ1) is 10.1.